The molecule has 0 saturated carbocycles. The molecule has 74 valence electrons. The van der Waals surface area contributed by atoms with Gasteiger partial charge in [-0.05, 0) is 23.8 Å². The van der Waals surface area contributed by atoms with Gasteiger partial charge in [-0.2, -0.15) is 0 Å². The quantitative estimate of drug-likeness (QED) is 0.637. The molecule has 0 aromatic heterocycles. The minimum absolute atomic E-state index is 0.162. The Morgan fingerprint density at radius 1 is 1.36 bits per heavy atom. The number of hydrogen-bond acceptors (Lipinski definition) is 1. The summed E-state index contributed by atoms with van der Waals surface area (Å²) in [6, 6.07) is 4.35. The molecule has 0 heterocycles. The molecular weight excluding hydrogens is 247 g/mol. The Bertz CT molecular complexity index is 365. The third-order valence-corrected chi connectivity index (χ3v) is 1.99. The predicted octanol–water partition coefficient (Wildman–Crippen LogP) is 2.45. The molecule has 1 aromatic rings. The zero-order valence-electron chi connectivity index (χ0n) is 7.56. The first kappa shape index (κ1) is 11.2. The monoisotopic (exact) mass is 256 g/mol. The molecule has 14 heavy (non-hydrogen) atoms. The molecule has 1 aromatic carbocycles. The van der Waals surface area contributed by atoms with Gasteiger partial charge in [0.05, 0.1) is 6.61 Å². The third-order valence-electron chi connectivity index (χ3n) is 1.59. The van der Waals surface area contributed by atoms with Gasteiger partial charge in [-0.15, -0.1) is 0 Å². The highest BCUT2D eigenvalue weighted by molar-refractivity contribution is 9.09. The van der Waals surface area contributed by atoms with Crippen molar-refractivity contribution in [3.05, 3.63) is 35.1 Å². The fourth-order valence-corrected chi connectivity index (χ4v) is 1.22. The normalized spacial score (nSPS) is 9.36. The summed E-state index contributed by atoms with van der Waals surface area (Å²) in [7, 11) is 0. The van der Waals surface area contributed by atoms with Gasteiger partial charge in [-0.25, -0.2) is 4.39 Å². The number of rotatable bonds is 2. The highest BCUT2D eigenvalue weighted by atomic mass is 79.9. The Labute approximate surface area is 91.1 Å². The molecule has 1 N–H and O–H groups in total. The lowest BCUT2D eigenvalue weighted by molar-refractivity contribution is 0.281. The molecule has 1 nitrogen and oxygen atoms in total. The van der Waals surface area contributed by atoms with E-state index in [9.17, 15) is 4.39 Å². The molecule has 0 atom stereocenters. The molecule has 1 rings (SSSR count). The Morgan fingerprint density at radius 2 is 2.14 bits per heavy atom. The van der Waals surface area contributed by atoms with E-state index in [-0.39, 0.29) is 12.4 Å². The van der Waals surface area contributed by atoms with E-state index in [1.165, 1.54) is 12.1 Å². The van der Waals surface area contributed by atoms with Crippen molar-refractivity contribution in [2.75, 3.05) is 5.33 Å². The number of halogens is 2. The maximum atomic E-state index is 12.9. The molecule has 0 unspecified atom stereocenters. The molecule has 0 spiro atoms. The van der Waals surface area contributed by atoms with Gasteiger partial charge in [0.1, 0.15) is 5.82 Å². The molecular formula is C11H10BrFO. The Kier molecular flexibility index (Phi) is 4.64. The average molecular weight is 257 g/mol. The topological polar surface area (TPSA) is 20.2 Å². The van der Waals surface area contributed by atoms with E-state index < -0.39 is 0 Å². The summed E-state index contributed by atoms with van der Waals surface area (Å²) < 4.78 is 12.9. The number of alkyl halides is 1. The molecule has 0 fully saturated rings. The lowest BCUT2D eigenvalue weighted by atomic mass is 10.1. The van der Waals surface area contributed by atoms with Crippen LogP contribution in [0.5, 0.6) is 0 Å². The maximum Gasteiger partial charge on any atom is 0.124 e. The van der Waals surface area contributed by atoms with Crippen LogP contribution in [-0.2, 0) is 6.61 Å². The van der Waals surface area contributed by atoms with Crippen molar-refractivity contribution in [2.24, 2.45) is 0 Å². The van der Waals surface area contributed by atoms with Gasteiger partial charge < -0.3 is 5.11 Å². The van der Waals surface area contributed by atoms with Crippen LogP contribution in [-0.4, -0.2) is 10.4 Å². The second kappa shape index (κ2) is 5.79. The van der Waals surface area contributed by atoms with Crippen molar-refractivity contribution in [2.45, 2.75) is 13.0 Å². The van der Waals surface area contributed by atoms with Gasteiger partial charge >= 0.3 is 0 Å². The van der Waals surface area contributed by atoms with E-state index in [1.807, 2.05) is 0 Å². The largest absolute Gasteiger partial charge is 0.392 e. The van der Waals surface area contributed by atoms with Crippen LogP contribution < -0.4 is 0 Å². The van der Waals surface area contributed by atoms with Crippen molar-refractivity contribution >= 4 is 15.9 Å². The maximum absolute atomic E-state index is 12.9. The standard InChI is InChI=1S/C11H10BrFO/c12-4-2-1-3-9-5-10(8-14)7-11(13)6-9/h5-7,14H,2,4,8H2. The molecule has 0 aliphatic carbocycles. The summed E-state index contributed by atoms with van der Waals surface area (Å²) in [5.41, 5.74) is 1.16. The van der Waals surface area contributed by atoms with Gasteiger partial charge in [-0.3, -0.25) is 0 Å². The van der Waals surface area contributed by atoms with E-state index >= 15 is 0 Å². The van der Waals surface area contributed by atoms with Crippen LogP contribution in [0, 0.1) is 17.7 Å². The Balaban J connectivity index is 2.88. The Hall–Kier alpha value is -0.850. The molecule has 0 aliphatic heterocycles. The second-order valence-electron chi connectivity index (χ2n) is 2.75. The number of benzene rings is 1. The zero-order chi connectivity index (χ0) is 10.4. The van der Waals surface area contributed by atoms with Crippen LogP contribution in [0.15, 0.2) is 18.2 Å². The first-order chi connectivity index (χ1) is 6.76. The number of aliphatic hydroxyl groups is 1. The predicted molar refractivity (Wildman–Crippen MR) is 57.6 cm³/mol. The molecule has 0 saturated heterocycles. The number of hydrogen-bond donors (Lipinski definition) is 1. The lowest BCUT2D eigenvalue weighted by Crippen LogP contribution is -1.87. The van der Waals surface area contributed by atoms with Crippen LogP contribution >= 0.6 is 15.9 Å². The third kappa shape index (κ3) is 3.49. The van der Waals surface area contributed by atoms with Crippen molar-refractivity contribution in [1.82, 2.24) is 0 Å². The minimum atomic E-state index is -0.361. The first-order valence-corrected chi connectivity index (χ1v) is 5.33. The summed E-state index contributed by atoms with van der Waals surface area (Å²) in [5, 5.41) is 9.64. The van der Waals surface area contributed by atoms with Crippen molar-refractivity contribution < 1.29 is 9.50 Å². The van der Waals surface area contributed by atoms with Gasteiger partial charge in [0, 0.05) is 17.3 Å². The van der Waals surface area contributed by atoms with Crippen LogP contribution in [0.2, 0.25) is 0 Å². The van der Waals surface area contributed by atoms with Crippen LogP contribution in [0.3, 0.4) is 0 Å². The summed E-state index contributed by atoms with van der Waals surface area (Å²) in [6.07, 6.45) is 0.727. The molecule has 3 heteroatoms. The van der Waals surface area contributed by atoms with Crippen LogP contribution in [0.25, 0.3) is 0 Å². The summed E-state index contributed by atoms with van der Waals surface area (Å²) in [5.74, 6) is 5.35. The fourth-order valence-electron chi connectivity index (χ4n) is 1.03. The van der Waals surface area contributed by atoms with Crippen molar-refractivity contribution in [3.63, 3.8) is 0 Å². The lowest BCUT2D eigenvalue weighted by Gasteiger charge is -1.97. The zero-order valence-corrected chi connectivity index (χ0v) is 9.14. The van der Waals surface area contributed by atoms with Crippen LogP contribution in [0.4, 0.5) is 4.39 Å². The van der Waals surface area contributed by atoms with Gasteiger partial charge in [0.25, 0.3) is 0 Å². The van der Waals surface area contributed by atoms with Crippen molar-refractivity contribution in [1.29, 1.82) is 0 Å². The smallest absolute Gasteiger partial charge is 0.124 e. The fraction of sp³-hybridized carbons (Fsp3) is 0.273. The van der Waals surface area contributed by atoms with E-state index in [4.69, 9.17) is 5.11 Å². The Morgan fingerprint density at radius 3 is 2.79 bits per heavy atom. The summed E-state index contributed by atoms with van der Waals surface area (Å²) in [6.45, 7) is -0.162. The average Bonchev–Trinajstić information content (AvgIpc) is 2.17. The second-order valence-corrected chi connectivity index (χ2v) is 3.54. The van der Waals surface area contributed by atoms with E-state index in [2.05, 4.69) is 27.8 Å². The van der Waals surface area contributed by atoms with Gasteiger partial charge in [-0.1, -0.05) is 27.8 Å². The van der Waals surface area contributed by atoms with Crippen LogP contribution in [0.1, 0.15) is 17.5 Å². The van der Waals surface area contributed by atoms with E-state index in [1.54, 1.807) is 6.07 Å². The molecule has 0 bridgehead atoms. The first-order valence-electron chi connectivity index (χ1n) is 4.21. The number of aliphatic hydroxyl groups excluding tert-OH is 1. The minimum Gasteiger partial charge on any atom is -0.392 e. The van der Waals surface area contributed by atoms with Gasteiger partial charge in [0.2, 0.25) is 0 Å². The van der Waals surface area contributed by atoms with E-state index in [0.717, 1.165) is 11.8 Å². The molecule has 0 radical (unpaired) electrons. The highest BCUT2D eigenvalue weighted by Gasteiger charge is 1.97. The van der Waals surface area contributed by atoms with Crippen molar-refractivity contribution in [3.8, 4) is 11.8 Å². The highest BCUT2D eigenvalue weighted by Crippen LogP contribution is 2.08. The summed E-state index contributed by atoms with van der Waals surface area (Å²) >= 11 is 3.25. The van der Waals surface area contributed by atoms with Gasteiger partial charge in [0.15, 0.2) is 0 Å². The molecule has 0 amide bonds. The molecule has 0 aliphatic rings. The SMILES string of the molecule is OCc1cc(F)cc(C#CCCBr)c1. The summed E-state index contributed by atoms with van der Waals surface area (Å²) in [4.78, 5) is 0. The van der Waals surface area contributed by atoms with E-state index in [0.29, 0.717) is 11.1 Å².